The van der Waals surface area contributed by atoms with Gasteiger partial charge in [-0.25, -0.2) is 9.78 Å². The van der Waals surface area contributed by atoms with Crippen LogP contribution in [-0.2, 0) is 6.42 Å². The van der Waals surface area contributed by atoms with Gasteiger partial charge in [0.2, 0.25) is 5.95 Å². The van der Waals surface area contributed by atoms with Crippen molar-refractivity contribution in [3.05, 3.63) is 29.8 Å². The molecule has 1 aromatic rings. The summed E-state index contributed by atoms with van der Waals surface area (Å²) in [5, 5.41) is 0.157. The first-order chi connectivity index (χ1) is 7.08. The zero-order chi connectivity index (χ0) is 11.3. The van der Waals surface area contributed by atoms with Crippen LogP contribution in [0.3, 0.4) is 0 Å². The summed E-state index contributed by atoms with van der Waals surface area (Å²) in [6, 6.07) is 2.42. The molecule has 0 spiro atoms. The Morgan fingerprint density at radius 3 is 3.00 bits per heavy atom. The molecule has 1 heterocycles. The number of nitrogens with one attached hydrogen (secondary N) is 1. The summed E-state index contributed by atoms with van der Waals surface area (Å²) in [6.45, 7) is 1.93. The molecule has 2 amide bonds. The molecule has 1 rings (SSSR count). The van der Waals surface area contributed by atoms with E-state index in [1.54, 1.807) is 6.07 Å². The van der Waals surface area contributed by atoms with Crippen LogP contribution in [0.15, 0.2) is 18.3 Å². The number of rotatable bonds is 4. The van der Waals surface area contributed by atoms with Crippen molar-refractivity contribution >= 4 is 18.0 Å². The van der Waals surface area contributed by atoms with Gasteiger partial charge in [0.1, 0.15) is 0 Å². The van der Waals surface area contributed by atoms with Gasteiger partial charge in [0, 0.05) is 11.4 Å². The average Bonchev–Trinajstić information content (AvgIpc) is 2.19. The highest BCUT2D eigenvalue weighted by Crippen LogP contribution is 2.12. The Balaban J connectivity index is 2.40. The number of urea groups is 1. The Morgan fingerprint density at radius 1 is 1.73 bits per heavy atom. The van der Waals surface area contributed by atoms with E-state index in [0.717, 1.165) is 5.56 Å². The second-order valence-electron chi connectivity index (χ2n) is 3.09. The second-order valence-corrected chi connectivity index (χ2v) is 4.33. The Kier molecular flexibility index (Phi) is 4.36. The predicted octanol–water partition coefficient (Wildman–Crippen LogP) is 1.47. The number of nitrogens with two attached hydrogens (primary N) is 1. The molecule has 15 heavy (non-hydrogen) atoms. The molecule has 0 radical (unpaired) electrons. The molecular weight excluding hydrogens is 217 g/mol. The van der Waals surface area contributed by atoms with E-state index in [-0.39, 0.29) is 5.25 Å². The van der Waals surface area contributed by atoms with Gasteiger partial charge < -0.3 is 5.73 Å². The summed E-state index contributed by atoms with van der Waals surface area (Å²) in [4.78, 5) is 14.0. The fourth-order valence-corrected chi connectivity index (χ4v) is 1.65. The molecule has 0 aliphatic rings. The van der Waals surface area contributed by atoms with Gasteiger partial charge in [-0.2, -0.15) is 4.39 Å². The molecule has 0 saturated heterocycles. The number of nitrogens with zero attached hydrogens (tertiary/aromatic N) is 1. The first kappa shape index (κ1) is 11.8. The molecule has 1 unspecified atom stereocenters. The second kappa shape index (κ2) is 5.55. The zero-order valence-electron chi connectivity index (χ0n) is 8.24. The van der Waals surface area contributed by atoms with Gasteiger partial charge in [0.05, 0.1) is 0 Å². The Bertz CT molecular complexity index is 331. The van der Waals surface area contributed by atoms with E-state index >= 15 is 0 Å². The molecule has 0 saturated carbocycles. The molecule has 0 aromatic carbocycles. The van der Waals surface area contributed by atoms with Crippen LogP contribution in [0.1, 0.15) is 12.5 Å². The van der Waals surface area contributed by atoms with Gasteiger partial charge in [0.15, 0.2) is 0 Å². The van der Waals surface area contributed by atoms with Crippen LogP contribution in [0.2, 0.25) is 0 Å². The van der Waals surface area contributed by atoms with E-state index < -0.39 is 12.0 Å². The lowest BCUT2D eigenvalue weighted by Gasteiger charge is -2.09. The quantitative estimate of drug-likeness (QED) is 0.607. The summed E-state index contributed by atoms with van der Waals surface area (Å²) < 4.78 is 14.9. The van der Waals surface area contributed by atoms with Crippen LogP contribution in [0, 0.1) is 5.95 Å². The number of hydrogen-bond donors (Lipinski definition) is 2. The fourth-order valence-electron chi connectivity index (χ4n) is 1.06. The predicted molar refractivity (Wildman–Crippen MR) is 57.7 cm³/mol. The highest BCUT2D eigenvalue weighted by Gasteiger charge is 2.06. The minimum Gasteiger partial charge on any atom is -0.351 e. The number of amides is 2. The molecule has 3 N–H and O–H groups in total. The largest absolute Gasteiger partial charge is 0.351 e. The van der Waals surface area contributed by atoms with Crippen LogP contribution in [-0.4, -0.2) is 16.3 Å². The lowest BCUT2D eigenvalue weighted by Crippen LogP contribution is -2.25. The minimum absolute atomic E-state index is 0.157. The van der Waals surface area contributed by atoms with Gasteiger partial charge in [-0.3, -0.25) is 4.72 Å². The number of carbonyl (C=O) groups is 1. The standard InChI is InChI=1S/C9H12FN3OS/c1-6(15-13-9(11)14)4-7-2-3-8(10)12-5-7/h2-3,5-6H,4H2,1H3,(H3,11,13,14). The Morgan fingerprint density at radius 2 is 2.47 bits per heavy atom. The number of halogens is 1. The summed E-state index contributed by atoms with van der Waals surface area (Å²) in [6.07, 6.45) is 2.18. The highest BCUT2D eigenvalue weighted by atomic mass is 32.2. The third-order valence-corrected chi connectivity index (χ3v) is 2.56. The van der Waals surface area contributed by atoms with Gasteiger partial charge in [-0.05, 0) is 30.0 Å². The van der Waals surface area contributed by atoms with E-state index in [4.69, 9.17) is 5.73 Å². The Labute approximate surface area is 91.6 Å². The van der Waals surface area contributed by atoms with Crippen molar-refractivity contribution in [2.75, 3.05) is 0 Å². The fraction of sp³-hybridized carbons (Fsp3) is 0.333. The van der Waals surface area contributed by atoms with E-state index in [1.165, 1.54) is 24.2 Å². The maximum Gasteiger partial charge on any atom is 0.322 e. The molecular formula is C9H12FN3OS. The maximum atomic E-state index is 12.5. The number of carbonyl (C=O) groups excluding carboxylic acids is 1. The maximum absolute atomic E-state index is 12.5. The molecule has 1 atom stereocenters. The van der Waals surface area contributed by atoms with Crippen molar-refractivity contribution < 1.29 is 9.18 Å². The molecule has 0 bridgehead atoms. The van der Waals surface area contributed by atoms with Crippen molar-refractivity contribution in [3.8, 4) is 0 Å². The zero-order valence-corrected chi connectivity index (χ0v) is 9.05. The summed E-state index contributed by atoms with van der Waals surface area (Å²) in [5.74, 6) is -0.491. The molecule has 0 aliphatic heterocycles. The smallest absolute Gasteiger partial charge is 0.322 e. The SMILES string of the molecule is CC(Cc1ccc(F)nc1)SNC(N)=O. The molecule has 4 nitrogen and oxygen atoms in total. The van der Waals surface area contributed by atoms with E-state index in [1.807, 2.05) is 6.92 Å². The third kappa shape index (κ3) is 4.64. The molecule has 0 aliphatic carbocycles. The van der Waals surface area contributed by atoms with E-state index in [2.05, 4.69) is 9.71 Å². The first-order valence-electron chi connectivity index (χ1n) is 4.39. The summed E-state index contributed by atoms with van der Waals surface area (Å²) in [7, 11) is 0. The van der Waals surface area contributed by atoms with Crippen LogP contribution in [0.4, 0.5) is 9.18 Å². The number of hydrogen-bond acceptors (Lipinski definition) is 3. The van der Waals surface area contributed by atoms with Crippen LogP contribution in [0.5, 0.6) is 0 Å². The molecule has 6 heteroatoms. The van der Waals surface area contributed by atoms with Crippen molar-refractivity contribution in [1.82, 2.24) is 9.71 Å². The normalized spacial score (nSPS) is 12.1. The van der Waals surface area contributed by atoms with Crippen LogP contribution >= 0.6 is 11.9 Å². The van der Waals surface area contributed by atoms with E-state index in [9.17, 15) is 9.18 Å². The number of aromatic nitrogens is 1. The first-order valence-corrected chi connectivity index (χ1v) is 5.27. The minimum atomic E-state index is -0.566. The van der Waals surface area contributed by atoms with Gasteiger partial charge in [0.25, 0.3) is 0 Å². The summed E-state index contributed by atoms with van der Waals surface area (Å²) in [5.41, 5.74) is 5.84. The van der Waals surface area contributed by atoms with Gasteiger partial charge >= 0.3 is 6.03 Å². The summed E-state index contributed by atoms with van der Waals surface area (Å²) >= 11 is 1.24. The molecule has 1 aromatic heterocycles. The van der Waals surface area contributed by atoms with Gasteiger partial charge in [-0.15, -0.1) is 0 Å². The topological polar surface area (TPSA) is 68.0 Å². The molecule has 0 fully saturated rings. The van der Waals surface area contributed by atoms with E-state index in [0.29, 0.717) is 6.42 Å². The van der Waals surface area contributed by atoms with Crippen LogP contribution in [0.25, 0.3) is 0 Å². The van der Waals surface area contributed by atoms with Crippen molar-refractivity contribution in [2.45, 2.75) is 18.6 Å². The lowest BCUT2D eigenvalue weighted by atomic mass is 10.2. The average molecular weight is 229 g/mol. The molecule has 82 valence electrons. The number of primary amides is 1. The monoisotopic (exact) mass is 229 g/mol. The van der Waals surface area contributed by atoms with Crippen molar-refractivity contribution in [3.63, 3.8) is 0 Å². The van der Waals surface area contributed by atoms with Crippen molar-refractivity contribution in [1.29, 1.82) is 0 Å². The third-order valence-electron chi connectivity index (χ3n) is 1.67. The number of pyridine rings is 1. The lowest BCUT2D eigenvalue weighted by molar-refractivity contribution is 0.254. The van der Waals surface area contributed by atoms with Crippen molar-refractivity contribution in [2.24, 2.45) is 5.73 Å². The van der Waals surface area contributed by atoms with Gasteiger partial charge in [-0.1, -0.05) is 13.0 Å². The Hall–Kier alpha value is -1.30. The van der Waals surface area contributed by atoms with Crippen LogP contribution < -0.4 is 10.5 Å². The highest BCUT2D eigenvalue weighted by molar-refractivity contribution is 7.98.